The molecule has 2 aliphatic rings. The molecule has 0 heterocycles. The van der Waals surface area contributed by atoms with E-state index in [0.29, 0.717) is 12.0 Å². The molecule has 2 bridgehead atoms. The molecule has 2 aliphatic carbocycles. The van der Waals surface area contributed by atoms with Gasteiger partial charge in [-0.3, -0.25) is 0 Å². The Morgan fingerprint density at radius 1 is 0.923 bits per heavy atom. The van der Waals surface area contributed by atoms with Crippen LogP contribution in [0.4, 0.5) is 0 Å². The van der Waals surface area contributed by atoms with Gasteiger partial charge in [0.2, 0.25) is 0 Å². The van der Waals surface area contributed by atoms with Crippen molar-refractivity contribution in [3.05, 3.63) is 71.8 Å². The number of nitrogens with one attached hydrogen (secondary N) is 2. The lowest BCUT2D eigenvalue weighted by Crippen LogP contribution is -2.44. The second-order valence-electron chi connectivity index (χ2n) is 7.84. The van der Waals surface area contributed by atoms with E-state index in [9.17, 15) is 0 Å². The summed E-state index contributed by atoms with van der Waals surface area (Å²) < 4.78 is 0. The minimum Gasteiger partial charge on any atom is -0.363 e. The lowest BCUT2D eigenvalue weighted by molar-refractivity contribution is 0.389. The maximum absolute atomic E-state index is 5.57. The Morgan fingerprint density at radius 2 is 1.58 bits per heavy atom. The van der Waals surface area contributed by atoms with Gasteiger partial charge >= 0.3 is 0 Å². The molecule has 3 atom stereocenters. The molecule has 4 rings (SSSR count). The van der Waals surface area contributed by atoms with E-state index in [-0.39, 0.29) is 0 Å². The van der Waals surface area contributed by atoms with Crippen LogP contribution in [0.1, 0.15) is 49.1 Å². The number of rotatable bonds is 6. The van der Waals surface area contributed by atoms with Gasteiger partial charge < -0.3 is 10.6 Å². The van der Waals surface area contributed by atoms with Crippen LogP contribution >= 0.6 is 12.2 Å². The van der Waals surface area contributed by atoms with Gasteiger partial charge in [-0.1, -0.05) is 67.1 Å². The molecule has 2 N–H and O–H groups in total. The molecule has 136 valence electrons. The van der Waals surface area contributed by atoms with Crippen LogP contribution in [-0.2, 0) is 0 Å². The van der Waals surface area contributed by atoms with Gasteiger partial charge in [-0.15, -0.1) is 0 Å². The molecule has 0 unspecified atom stereocenters. The highest BCUT2D eigenvalue weighted by Gasteiger charge is 2.39. The first-order valence-electron chi connectivity index (χ1n) is 9.94. The van der Waals surface area contributed by atoms with Gasteiger partial charge in [0.25, 0.3) is 0 Å². The molecular weight excluding hydrogens is 336 g/mol. The van der Waals surface area contributed by atoms with Crippen LogP contribution in [0.3, 0.4) is 0 Å². The van der Waals surface area contributed by atoms with Crippen molar-refractivity contribution < 1.29 is 0 Å². The van der Waals surface area contributed by atoms with Crippen molar-refractivity contribution in [2.75, 3.05) is 6.54 Å². The van der Waals surface area contributed by atoms with Gasteiger partial charge in [-0.25, -0.2) is 0 Å². The van der Waals surface area contributed by atoms with Crippen molar-refractivity contribution in [2.24, 2.45) is 11.8 Å². The third-order valence-corrected chi connectivity index (χ3v) is 6.44. The monoisotopic (exact) mass is 364 g/mol. The molecule has 0 aliphatic heterocycles. The van der Waals surface area contributed by atoms with Crippen molar-refractivity contribution in [1.29, 1.82) is 0 Å². The van der Waals surface area contributed by atoms with Gasteiger partial charge in [0, 0.05) is 18.5 Å². The fourth-order valence-corrected chi connectivity index (χ4v) is 5.12. The smallest absolute Gasteiger partial charge is 0.166 e. The van der Waals surface area contributed by atoms with Crippen molar-refractivity contribution in [3.63, 3.8) is 0 Å². The van der Waals surface area contributed by atoms with Crippen molar-refractivity contribution in [2.45, 2.75) is 44.1 Å². The van der Waals surface area contributed by atoms with Gasteiger partial charge in [-0.2, -0.15) is 0 Å². The van der Waals surface area contributed by atoms with Crippen LogP contribution in [0.15, 0.2) is 60.7 Å². The summed E-state index contributed by atoms with van der Waals surface area (Å²) in [6.07, 6.45) is 6.56. The minimum atomic E-state index is 0.398. The molecular formula is C23H28N2S. The number of hydrogen-bond donors (Lipinski definition) is 2. The zero-order valence-corrected chi connectivity index (χ0v) is 16.1. The van der Waals surface area contributed by atoms with Gasteiger partial charge in [-0.05, 0) is 60.9 Å². The van der Waals surface area contributed by atoms with Gasteiger partial charge in [0.1, 0.15) is 0 Å². The largest absolute Gasteiger partial charge is 0.363 e. The van der Waals surface area contributed by atoms with Crippen LogP contribution in [-0.4, -0.2) is 17.7 Å². The van der Waals surface area contributed by atoms with Crippen molar-refractivity contribution in [1.82, 2.24) is 10.6 Å². The van der Waals surface area contributed by atoms with Crippen LogP contribution in [0.2, 0.25) is 0 Å². The molecule has 2 aromatic carbocycles. The number of thiocarbonyl (C=S) groups is 1. The summed E-state index contributed by atoms with van der Waals surface area (Å²) in [6.45, 7) is 0.890. The Hall–Kier alpha value is -1.87. The Labute approximate surface area is 162 Å². The molecule has 0 amide bonds. The van der Waals surface area contributed by atoms with Gasteiger partial charge in [0.05, 0.1) is 0 Å². The molecule has 2 nitrogen and oxygen atoms in total. The van der Waals surface area contributed by atoms with Crippen LogP contribution in [0.5, 0.6) is 0 Å². The zero-order chi connectivity index (χ0) is 17.8. The first-order valence-corrected chi connectivity index (χ1v) is 10.3. The molecule has 2 saturated carbocycles. The van der Waals surface area contributed by atoms with Crippen LogP contribution in [0, 0.1) is 11.8 Å². The maximum atomic E-state index is 5.57. The summed E-state index contributed by atoms with van der Waals surface area (Å²) >= 11 is 5.57. The number of benzene rings is 2. The fraction of sp³-hybridized carbons (Fsp3) is 0.435. The standard InChI is InChI=1S/C23H28N2S/c26-23(25-22-16-17-11-12-20(22)15-17)24-14-13-21(18-7-3-1-4-8-18)19-9-5-2-6-10-19/h1-10,17,20-22H,11-16H2,(H2,24,25,26)/t17-,20+,22-/m0/s1. The fourth-order valence-electron chi connectivity index (χ4n) is 4.87. The molecule has 3 heteroatoms. The highest BCUT2D eigenvalue weighted by atomic mass is 32.1. The Bertz CT molecular complexity index is 676. The van der Waals surface area contributed by atoms with Crippen LogP contribution < -0.4 is 10.6 Å². The van der Waals surface area contributed by atoms with E-state index < -0.39 is 0 Å². The molecule has 0 spiro atoms. The average molecular weight is 365 g/mol. The predicted octanol–water partition coefficient (Wildman–Crippen LogP) is 4.86. The topological polar surface area (TPSA) is 24.1 Å². The third-order valence-electron chi connectivity index (χ3n) is 6.18. The van der Waals surface area contributed by atoms with E-state index in [1.807, 2.05) is 0 Å². The van der Waals surface area contributed by atoms with E-state index in [1.54, 1.807) is 0 Å². The lowest BCUT2D eigenvalue weighted by atomic mass is 9.88. The molecule has 0 saturated heterocycles. The number of fused-ring (bicyclic) bond motifs is 2. The average Bonchev–Trinajstić information content (AvgIpc) is 3.30. The summed E-state index contributed by atoms with van der Waals surface area (Å²) in [5.41, 5.74) is 2.74. The summed E-state index contributed by atoms with van der Waals surface area (Å²) in [5, 5.41) is 7.88. The number of hydrogen-bond acceptors (Lipinski definition) is 1. The Morgan fingerprint density at radius 3 is 2.12 bits per heavy atom. The van der Waals surface area contributed by atoms with Gasteiger partial charge in [0.15, 0.2) is 5.11 Å². The highest BCUT2D eigenvalue weighted by Crippen LogP contribution is 2.44. The van der Waals surface area contributed by atoms with E-state index in [0.717, 1.165) is 29.9 Å². The molecule has 0 aromatic heterocycles. The summed E-state index contributed by atoms with van der Waals surface area (Å²) in [4.78, 5) is 0. The van der Waals surface area contributed by atoms with E-state index in [2.05, 4.69) is 71.3 Å². The van der Waals surface area contributed by atoms with Crippen molar-refractivity contribution >= 4 is 17.3 Å². The third kappa shape index (κ3) is 4.09. The zero-order valence-electron chi connectivity index (χ0n) is 15.2. The highest BCUT2D eigenvalue weighted by molar-refractivity contribution is 7.80. The maximum Gasteiger partial charge on any atom is 0.166 e. The first kappa shape index (κ1) is 17.5. The molecule has 26 heavy (non-hydrogen) atoms. The van der Waals surface area contributed by atoms with Crippen LogP contribution in [0.25, 0.3) is 0 Å². The second-order valence-corrected chi connectivity index (χ2v) is 8.25. The summed E-state index contributed by atoms with van der Waals surface area (Å²) in [7, 11) is 0. The predicted molar refractivity (Wildman–Crippen MR) is 112 cm³/mol. The summed E-state index contributed by atoms with van der Waals surface area (Å²) in [6, 6.07) is 22.2. The normalized spacial score (nSPS) is 24.0. The van der Waals surface area contributed by atoms with E-state index >= 15 is 0 Å². The summed E-state index contributed by atoms with van der Waals surface area (Å²) in [5.74, 6) is 2.19. The minimum absolute atomic E-state index is 0.398. The molecule has 2 fully saturated rings. The molecule has 2 aromatic rings. The SMILES string of the molecule is S=C(NCCC(c1ccccc1)c1ccccc1)N[C@H]1C[C@H]2CC[C@@H]1C2. The Kier molecular flexibility index (Phi) is 5.54. The molecule has 0 radical (unpaired) electrons. The van der Waals surface area contributed by atoms with Crippen molar-refractivity contribution in [3.8, 4) is 0 Å². The van der Waals surface area contributed by atoms with E-state index in [4.69, 9.17) is 12.2 Å². The Balaban J connectivity index is 1.32. The lowest BCUT2D eigenvalue weighted by Gasteiger charge is -2.25. The quantitative estimate of drug-likeness (QED) is 0.716. The van der Waals surface area contributed by atoms with E-state index in [1.165, 1.54) is 36.8 Å². The first-order chi connectivity index (χ1) is 12.8. The second kappa shape index (κ2) is 8.22.